The van der Waals surface area contributed by atoms with Gasteiger partial charge in [-0.25, -0.2) is 9.78 Å². The fraction of sp³-hybridized carbons (Fsp3) is 0.367. The van der Waals surface area contributed by atoms with E-state index in [1.54, 1.807) is 29.3 Å². The minimum atomic E-state index is -0.504. The van der Waals surface area contributed by atoms with Crippen LogP contribution in [0, 0.1) is 5.92 Å². The van der Waals surface area contributed by atoms with Gasteiger partial charge >= 0.3 is 6.09 Å². The second-order valence-electron chi connectivity index (χ2n) is 11.1. The molecule has 40 heavy (non-hydrogen) atoms. The first-order valence-corrected chi connectivity index (χ1v) is 13.6. The Hall–Kier alpha value is -4.47. The van der Waals surface area contributed by atoms with Gasteiger partial charge < -0.3 is 19.9 Å². The first kappa shape index (κ1) is 27.1. The number of piperidine rings is 1. The van der Waals surface area contributed by atoms with Crippen LogP contribution < -0.4 is 10.6 Å². The lowest BCUT2D eigenvalue weighted by Crippen LogP contribution is -2.42. The molecule has 1 saturated heterocycles. The summed E-state index contributed by atoms with van der Waals surface area (Å²) in [6, 6.07) is 14.7. The number of pyridine rings is 1. The lowest BCUT2D eigenvalue weighted by Gasteiger charge is -2.33. The van der Waals surface area contributed by atoms with Crippen LogP contribution in [0.25, 0.3) is 21.8 Å². The van der Waals surface area contributed by atoms with Crippen LogP contribution in [0.1, 0.15) is 60.9 Å². The van der Waals surface area contributed by atoms with Crippen molar-refractivity contribution >= 4 is 45.7 Å². The summed E-state index contributed by atoms with van der Waals surface area (Å²) in [4.78, 5) is 51.7. The number of imidazole rings is 1. The molecule has 1 aliphatic rings. The molecule has 1 fully saturated rings. The van der Waals surface area contributed by atoms with E-state index in [0.717, 1.165) is 30.0 Å². The van der Waals surface area contributed by atoms with Crippen LogP contribution in [-0.2, 0) is 4.74 Å². The van der Waals surface area contributed by atoms with Crippen molar-refractivity contribution in [2.45, 2.75) is 45.6 Å². The normalized spacial score (nSPS) is 14.3. The molecule has 5 rings (SSSR count). The molecule has 208 valence electrons. The highest BCUT2D eigenvalue weighted by atomic mass is 16.6. The van der Waals surface area contributed by atoms with E-state index in [0.29, 0.717) is 42.1 Å². The number of carbonyl (C=O) groups is 3. The summed E-state index contributed by atoms with van der Waals surface area (Å²) in [6.07, 6.45) is 3.97. The highest BCUT2D eigenvalue weighted by Gasteiger charge is 2.27. The molecule has 3 heterocycles. The smallest absolute Gasteiger partial charge is 0.410 e. The lowest BCUT2D eigenvalue weighted by atomic mass is 9.94. The molecule has 2 aromatic carbocycles. The van der Waals surface area contributed by atoms with E-state index in [4.69, 9.17) is 4.74 Å². The summed E-state index contributed by atoms with van der Waals surface area (Å²) in [5, 5.41) is 7.62. The highest BCUT2D eigenvalue weighted by Crippen LogP contribution is 2.23. The lowest BCUT2D eigenvalue weighted by molar-refractivity contribution is 0.0181. The topological polar surface area (TPSA) is 129 Å². The number of nitrogens with zero attached hydrogens (tertiary/aromatic N) is 3. The van der Waals surface area contributed by atoms with Crippen molar-refractivity contribution in [3.05, 3.63) is 66.0 Å². The summed E-state index contributed by atoms with van der Waals surface area (Å²) >= 11 is 0. The molecule has 0 bridgehead atoms. The number of aromatic amines is 1. The number of anilines is 1. The van der Waals surface area contributed by atoms with Gasteiger partial charge in [-0.2, -0.15) is 0 Å². The van der Waals surface area contributed by atoms with E-state index >= 15 is 0 Å². The second kappa shape index (κ2) is 11.3. The molecule has 0 saturated carbocycles. The van der Waals surface area contributed by atoms with Crippen molar-refractivity contribution in [3.8, 4) is 0 Å². The molecule has 0 spiro atoms. The van der Waals surface area contributed by atoms with E-state index < -0.39 is 11.5 Å². The van der Waals surface area contributed by atoms with Crippen molar-refractivity contribution < 1.29 is 19.1 Å². The number of amides is 3. The second-order valence-corrected chi connectivity index (χ2v) is 11.1. The zero-order chi connectivity index (χ0) is 28.3. The number of ether oxygens (including phenoxy) is 1. The summed E-state index contributed by atoms with van der Waals surface area (Å²) in [6.45, 7) is 7.43. The van der Waals surface area contributed by atoms with E-state index in [9.17, 15) is 14.4 Å². The Balaban J connectivity index is 1.16. The fourth-order valence-electron chi connectivity index (χ4n) is 4.87. The maximum Gasteiger partial charge on any atom is 0.410 e. The SMILES string of the molecule is CC(C)(C)OC(=O)N1CCC(CCNC(=O)c2cccc3[nH]c(NC(=O)c4cc5ccccc5cn4)nc23)CC1. The minimum Gasteiger partial charge on any atom is -0.444 e. The van der Waals surface area contributed by atoms with Gasteiger partial charge in [0.05, 0.1) is 11.1 Å². The van der Waals surface area contributed by atoms with Crippen molar-refractivity contribution in [2.24, 2.45) is 5.92 Å². The number of fused-ring (bicyclic) bond motifs is 2. The Morgan fingerprint density at radius 1 is 1.02 bits per heavy atom. The van der Waals surface area contributed by atoms with Gasteiger partial charge in [0, 0.05) is 31.2 Å². The third-order valence-electron chi connectivity index (χ3n) is 6.96. The highest BCUT2D eigenvalue weighted by molar-refractivity contribution is 6.07. The molecule has 0 unspecified atom stereocenters. The standard InChI is InChI=1S/C30H34N6O4/c1-30(2,3)40-29(39)36-15-12-19(13-16-36)11-14-31-26(37)22-9-6-10-23-25(22)34-28(33-23)35-27(38)24-17-20-7-4-5-8-21(20)18-32-24/h4-10,17-19H,11-16H2,1-3H3,(H,31,37)(H2,33,34,35,38). The molecule has 3 N–H and O–H groups in total. The summed E-state index contributed by atoms with van der Waals surface area (Å²) in [5.41, 5.74) is 1.32. The van der Waals surface area contributed by atoms with E-state index in [2.05, 4.69) is 25.6 Å². The number of benzene rings is 2. The third kappa shape index (κ3) is 6.39. The Labute approximate surface area is 232 Å². The van der Waals surface area contributed by atoms with Gasteiger partial charge in [-0.3, -0.25) is 19.9 Å². The van der Waals surface area contributed by atoms with Crippen LogP contribution in [0.2, 0.25) is 0 Å². The number of para-hydroxylation sites is 1. The number of carbonyl (C=O) groups excluding carboxylic acids is 3. The number of nitrogens with one attached hydrogen (secondary N) is 3. The Morgan fingerprint density at radius 3 is 2.52 bits per heavy atom. The monoisotopic (exact) mass is 542 g/mol. The predicted molar refractivity (Wildman–Crippen MR) is 153 cm³/mol. The van der Waals surface area contributed by atoms with Gasteiger partial charge in [0.1, 0.15) is 16.8 Å². The molecular formula is C30H34N6O4. The van der Waals surface area contributed by atoms with Crippen LogP contribution in [0.3, 0.4) is 0 Å². The Kier molecular flexibility index (Phi) is 7.68. The van der Waals surface area contributed by atoms with Gasteiger partial charge in [-0.05, 0) is 69.5 Å². The molecule has 0 atom stereocenters. The van der Waals surface area contributed by atoms with Crippen molar-refractivity contribution in [1.29, 1.82) is 0 Å². The van der Waals surface area contributed by atoms with E-state index in [1.807, 2.05) is 51.1 Å². The maximum absolute atomic E-state index is 13.0. The zero-order valence-electron chi connectivity index (χ0n) is 23.0. The first-order chi connectivity index (χ1) is 19.2. The molecule has 0 radical (unpaired) electrons. The molecule has 10 nitrogen and oxygen atoms in total. The van der Waals surface area contributed by atoms with Gasteiger partial charge in [0.2, 0.25) is 5.95 Å². The van der Waals surface area contributed by atoms with Crippen molar-refractivity contribution in [3.63, 3.8) is 0 Å². The summed E-state index contributed by atoms with van der Waals surface area (Å²) < 4.78 is 5.47. The van der Waals surface area contributed by atoms with Crippen LogP contribution >= 0.6 is 0 Å². The number of rotatable bonds is 6. The van der Waals surface area contributed by atoms with Crippen LogP contribution in [0.15, 0.2) is 54.7 Å². The van der Waals surface area contributed by atoms with Crippen molar-refractivity contribution in [1.82, 2.24) is 25.2 Å². The zero-order valence-corrected chi connectivity index (χ0v) is 23.0. The molecule has 2 aromatic heterocycles. The molecule has 3 amide bonds. The van der Waals surface area contributed by atoms with Gasteiger partial charge in [0.25, 0.3) is 11.8 Å². The fourth-order valence-corrected chi connectivity index (χ4v) is 4.87. The third-order valence-corrected chi connectivity index (χ3v) is 6.96. The minimum absolute atomic E-state index is 0.225. The van der Waals surface area contributed by atoms with Gasteiger partial charge in [-0.1, -0.05) is 30.3 Å². The first-order valence-electron chi connectivity index (χ1n) is 13.6. The van der Waals surface area contributed by atoms with Crippen molar-refractivity contribution in [2.75, 3.05) is 25.0 Å². The number of hydrogen-bond donors (Lipinski definition) is 3. The average molecular weight is 543 g/mol. The molecule has 0 aliphatic carbocycles. The maximum atomic E-state index is 13.0. The van der Waals surface area contributed by atoms with Gasteiger partial charge in [0.15, 0.2) is 0 Å². The average Bonchev–Trinajstić information content (AvgIpc) is 3.34. The van der Waals surface area contributed by atoms with Crippen LogP contribution in [0.5, 0.6) is 0 Å². The van der Waals surface area contributed by atoms with E-state index in [1.165, 1.54) is 0 Å². The molecule has 1 aliphatic heterocycles. The predicted octanol–water partition coefficient (Wildman–Crippen LogP) is 5.13. The Bertz CT molecular complexity index is 1550. The van der Waals surface area contributed by atoms with E-state index in [-0.39, 0.29) is 23.6 Å². The molecule has 4 aromatic rings. The van der Waals surface area contributed by atoms with Crippen LogP contribution in [-0.4, -0.2) is 63.0 Å². The van der Waals surface area contributed by atoms with Crippen LogP contribution in [0.4, 0.5) is 10.7 Å². The summed E-state index contributed by atoms with van der Waals surface area (Å²) in [7, 11) is 0. The largest absolute Gasteiger partial charge is 0.444 e. The molecular weight excluding hydrogens is 508 g/mol. The number of likely N-dealkylation sites (tertiary alicyclic amines) is 1. The quantitative estimate of drug-likeness (QED) is 0.310. The Morgan fingerprint density at radius 2 is 1.77 bits per heavy atom. The number of hydrogen-bond acceptors (Lipinski definition) is 6. The number of aromatic nitrogens is 3. The van der Waals surface area contributed by atoms with Gasteiger partial charge in [-0.15, -0.1) is 0 Å². The summed E-state index contributed by atoms with van der Waals surface area (Å²) in [5.74, 6) is 0.0449. The molecule has 10 heteroatoms. The number of H-pyrrole nitrogens is 1.